The summed E-state index contributed by atoms with van der Waals surface area (Å²) in [6.45, 7) is 4.03. The number of halogens is 1. The zero-order valence-electron chi connectivity index (χ0n) is 9.46. The third-order valence-electron chi connectivity index (χ3n) is 2.24. The molecule has 1 rings (SSSR count). The van der Waals surface area contributed by atoms with Gasteiger partial charge in [0, 0.05) is 12.4 Å². The van der Waals surface area contributed by atoms with Gasteiger partial charge in [0.05, 0.1) is 4.90 Å². The molecule has 0 radical (unpaired) electrons. The van der Waals surface area contributed by atoms with Crippen LogP contribution in [0.25, 0.3) is 0 Å². The zero-order chi connectivity index (χ0) is 12.2. The zero-order valence-corrected chi connectivity index (χ0v) is 11.0. The van der Waals surface area contributed by atoms with E-state index in [9.17, 15) is 8.42 Å². The molecule has 0 fully saturated rings. The monoisotopic (exact) mass is 261 g/mol. The molecule has 0 saturated carbocycles. The minimum atomic E-state index is -3.39. The maximum Gasteiger partial charge on any atom is 0.240 e. The fraction of sp³-hybridized carbons (Fsp3) is 0.455. The first-order chi connectivity index (χ1) is 7.47. The molecule has 0 aliphatic rings. The van der Waals surface area contributed by atoms with Crippen molar-refractivity contribution in [3.8, 4) is 0 Å². The predicted octanol–water partition coefficient (Wildman–Crippen LogP) is 2.21. The van der Waals surface area contributed by atoms with Crippen molar-refractivity contribution in [2.24, 2.45) is 0 Å². The lowest BCUT2D eigenvalue weighted by Gasteiger charge is -2.09. The summed E-state index contributed by atoms with van der Waals surface area (Å²) in [5, 5.41) is 0. The highest BCUT2D eigenvalue weighted by molar-refractivity contribution is 7.89. The number of sulfonamides is 1. The van der Waals surface area contributed by atoms with Crippen molar-refractivity contribution in [2.75, 3.05) is 12.4 Å². The van der Waals surface area contributed by atoms with E-state index in [1.807, 2.05) is 19.1 Å². The third-order valence-corrected chi connectivity index (χ3v) is 4.11. The number of benzene rings is 1. The van der Waals surface area contributed by atoms with Crippen LogP contribution in [0.15, 0.2) is 23.1 Å². The Morgan fingerprint density at radius 3 is 2.62 bits per heavy atom. The summed E-state index contributed by atoms with van der Waals surface area (Å²) in [7, 11) is -3.39. The molecule has 0 atom stereocenters. The van der Waals surface area contributed by atoms with E-state index in [-0.39, 0.29) is 0 Å². The quantitative estimate of drug-likeness (QED) is 0.653. The van der Waals surface area contributed by atoms with Gasteiger partial charge in [-0.25, -0.2) is 13.1 Å². The van der Waals surface area contributed by atoms with Gasteiger partial charge in [0.1, 0.15) is 0 Å². The lowest BCUT2D eigenvalue weighted by molar-refractivity contribution is 0.580. The molecular weight excluding hydrogens is 246 g/mol. The summed E-state index contributed by atoms with van der Waals surface area (Å²) in [6.07, 6.45) is 0.631. The average molecular weight is 262 g/mol. The molecule has 0 unspecified atom stereocenters. The summed E-state index contributed by atoms with van der Waals surface area (Å²) in [4.78, 5) is 0.349. The number of alkyl halides is 1. The molecule has 0 aliphatic heterocycles. The van der Waals surface area contributed by atoms with Crippen LogP contribution in [0, 0.1) is 13.8 Å². The van der Waals surface area contributed by atoms with Crippen LogP contribution in [-0.4, -0.2) is 20.8 Å². The van der Waals surface area contributed by atoms with Crippen LogP contribution in [-0.2, 0) is 10.0 Å². The largest absolute Gasteiger partial charge is 0.240 e. The van der Waals surface area contributed by atoms with E-state index in [2.05, 4.69) is 4.72 Å². The second-order valence-corrected chi connectivity index (χ2v) is 5.82. The minimum Gasteiger partial charge on any atom is -0.211 e. The summed E-state index contributed by atoms with van der Waals surface area (Å²) in [5.41, 5.74) is 1.69. The van der Waals surface area contributed by atoms with E-state index in [0.717, 1.165) is 11.1 Å². The highest BCUT2D eigenvalue weighted by Gasteiger charge is 2.15. The van der Waals surface area contributed by atoms with E-state index in [1.165, 1.54) is 0 Å². The van der Waals surface area contributed by atoms with Gasteiger partial charge >= 0.3 is 0 Å². The summed E-state index contributed by atoms with van der Waals surface area (Å²) < 4.78 is 26.4. The van der Waals surface area contributed by atoms with E-state index < -0.39 is 10.0 Å². The Kier molecular flexibility index (Phi) is 4.77. The number of rotatable bonds is 5. The molecule has 0 aliphatic carbocycles. The molecular formula is C11H16ClNO2S. The van der Waals surface area contributed by atoms with Crippen molar-refractivity contribution in [3.05, 3.63) is 29.3 Å². The second kappa shape index (κ2) is 5.66. The summed E-state index contributed by atoms with van der Waals surface area (Å²) >= 11 is 5.50. The maximum atomic E-state index is 11.9. The normalized spacial score (nSPS) is 11.7. The number of hydrogen-bond donors (Lipinski definition) is 1. The topological polar surface area (TPSA) is 46.2 Å². The second-order valence-electron chi connectivity index (χ2n) is 3.71. The smallest absolute Gasteiger partial charge is 0.211 e. The SMILES string of the molecule is Cc1ccc(C)c(S(=O)(=O)NCCCCl)c1. The van der Waals surface area contributed by atoms with Crippen LogP contribution in [0.1, 0.15) is 17.5 Å². The molecule has 0 spiro atoms. The standard InChI is InChI=1S/C11H16ClNO2S/c1-9-4-5-10(2)11(8-9)16(14,15)13-7-3-6-12/h4-5,8,13H,3,6-7H2,1-2H3. The first kappa shape index (κ1) is 13.5. The molecule has 3 nitrogen and oxygen atoms in total. The van der Waals surface area contributed by atoms with Crippen molar-refractivity contribution in [1.29, 1.82) is 0 Å². The first-order valence-corrected chi connectivity index (χ1v) is 7.12. The van der Waals surface area contributed by atoms with Crippen molar-refractivity contribution in [3.63, 3.8) is 0 Å². The fourth-order valence-corrected chi connectivity index (χ4v) is 2.88. The summed E-state index contributed by atoms with van der Waals surface area (Å²) in [6, 6.07) is 5.39. The predicted molar refractivity (Wildman–Crippen MR) is 66.4 cm³/mol. The molecule has 0 bridgehead atoms. The molecule has 0 saturated heterocycles. The number of hydrogen-bond acceptors (Lipinski definition) is 2. The maximum absolute atomic E-state index is 11.9. The molecule has 90 valence electrons. The Bertz CT molecular complexity index is 457. The van der Waals surface area contributed by atoms with Gasteiger partial charge in [-0.3, -0.25) is 0 Å². The first-order valence-electron chi connectivity index (χ1n) is 5.10. The minimum absolute atomic E-state index is 0.349. The lowest BCUT2D eigenvalue weighted by Crippen LogP contribution is -2.25. The Balaban J connectivity index is 2.93. The van der Waals surface area contributed by atoms with Crippen LogP contribution in [0.2, 0.25) is 0 Å². The van der Waals surface area contributed by atoms with Gasteiger partial charge < -0.3 is 0 Å². The van der Waals surface area contributed by atoms with Crippen molar-refractivity contribution >= 4 is 21.6 Å². The van der Waals surface area contributed by atoms with Crippen molar-refractivity contribution < 1.29 is 8.42 Å². The number of nitrogens with one attached hydrogen (secondary N) is 1. The molecule has 5 heteroatoms. The molecule has 0 amide bonds. The van der Waals surface area contributed by atoms with Gasteiger partial charge in [0.2, 0.25) is 10.0 Å². The molecule has 0 aromatic heterocycles. The van der Waals surface area contributed by atoms with Crippen LogP contribution >= 0.6 is 11.6 Å². The highest BCUT2D eigenvalue weighted by atomic mass is 35.5. The Morgan fingerprint density at radius 1 is 1.31 bits per heavy atom. The Hall–Kier alpha value is -0.580. The molecule has 1 aromatic carbocycles. The molecule has 16 heavy (non-hydrogen) atoms. The van der Waals surface area contributed by atoms with Gasteiger partial charge in [-0.1, -0.05) is 12.1 Å². The van der Waals surface area contributed by atoms with E-state index in [0.29, 0.717) is 23.7 Å². The van der Waals surface area contributed by atoms with Gasteiger partial charge in [-0.05, 0) is 37.5 Å². The van der Waals surface area contributed by atoms with Gasteiger partial charge in [0.25, 0.3) is 0 Å². The van der Waals surface area contributed by atoms with Crippen LogP contribution < -0.4 is 4.72 Å². The van der Waals surface area contributed by atoms with Gasteiger partial charge in [-0.15, -0.1) is 11.6 Å². The van der Waals surface area contributed by atoms with Crippen LogP contribution in [0.3, 0.4) is 0 Å². The van der Waals surface area contributed by atoms with Crippen molar-refractivity contribution in [1.82, 2.24) is 4.72 Å². The number of aryl methyl sites for hydroxylation is 2. The molecule has 0 heterocycles. The summed E-state index contributed by atoms with van der Waals surface area (Å²) in [5.74, 6) is 0.454. The molecule has 1 aromatic rings. The van der Waals surface area contributed by atoms with Crippen LogP contribution in [0.5, 0.6) is 0 Å². The Labute approximate surface area is 102 Å². The average Bonchev–Trinajstić information content (AvgIpc) is 2.22. The van der Waals surface area contributed by atoms with E-state index in [1.54, 1.807) is 13.0 Å². The van der Waals surface area contributed by atoms with Crippen LogP contribution in [0.4, 0.5) is 0 Å². The highest BCUT2D eigenvalue weighted by Crippen LogP contribution is 2.16. The van der Waals surface area contributed by atoms with E-state index >= 15 is 0 Å². The lowest BCUT2D eigenvalue weighted by atomic mass is 10.2. The fourth-order valence-electron chi connectivity index (χ4n) is 1.35. The third kappa shape index (κ3) is 3.47. The van der Waals surface area contributed by atoms with Gasteiger partial charge in [-0.2, -0.15) is 0 Å². The molecule has 1 N–H and O–H groups in total. The van der Waals surface area contributed by atoms with Crippen molar-refractivity contribution in [2.45, 2.75) is 25.2 Å². The van der Waals surface area contributed by atoms with Gasteiger partial charge in [0.15, 0.2) is 0 Å². The Morgan fingerprint density at radius 2 is 2.00 bits per heavy atom. The van der Waals surface area contributed by atoms with E-state index in [4.69, 9.17) is 11.6 Å².